The molecule has 2 aromatic rings. The van der Waals surface area contributed by atoms with E-state index in [9.17, 15) is 4.79 Å². The van der Waals surface area contributed by atoms with E-state index in [4.69, 9.17) is 4.74 Å². The number of nitrogens with one attached hydrogen (secondary N) is 1. The first-order chi connectivity index (χ1) is 12.1. The van der Waals surface area contributed by atoms with E-state index in [0.717, 1.165) is 31.2 Å². The Morgan fingerprint density at radius 1 is 1.24 bits per heavy atom. The lowest BCUT2D eigenvalue weighted by Gasteiger charge is -2.18. The molecule has 0 radical (unpaired) electrons. The fraction of sp³-hybridized carbons (Fsp3) is 0.474. The largest absolute Gasteiger partial charge is 0.492 e. The lowest BCUT2D eigenvalue weighted by atomic mass is 10.2. The number of carbonyl (C=O) groups excluding carboxylic acids is 1. The third kappa shape index (κ3) is 5.90. The van der Waals surface area contributed by atoms with Crippen molar-refractivity contribution in [2.24, 2.45) is 7.05 Å². The average Bonchev–Trinajstić information content (AvgIpc) is 3.04. The lowest BCUT2D eigenvalue weighted by molar-refractivity contribution is 0.0954. The highest BCUT2D eigenvalue weighted by atomic mass is 16.5. The van der Waals surface area contributed by atoms with E-state index >= 15 is 0 Å². The van der Waals surface area contributed by atoms with Crippen LogP contribution < -0.4 is 10.1 Å². The minimum absolute atomic E-state index is 0.0797. The van der Waals surface area contributed by atoms with Gasteiger partial charge in [0.05, 0.1) is 0 Å². The number of hydrogen-bond acceptors (Lipinski definition) is 4. The summed E-state index contributed by atoms with van der Waals surface area (Å²) >= 11 is 0. The van der Waals surface area contributed by atoms with Crippen LogP contribution in [-0.2, 0) is 13.5 Å². The highest BCUT2D eigenvalue weighted by Gasteiger charge is 2.07. The van der Waals surface area contributed by atoms with Gasteiger partial charge in [0.2, 0.25) is 0 Å². The monoisotopic (exact) mass is 344 g/mol. The molecule has 1 N–H and O–H groups in total. The van der Waals surface area contributed by atoms with Gasteiger partial charge in [-0.25, -0.2) is 4.98 Å². The van der Waals surface area contributed by atoms with Crippen molar-refractivity contribution in [1.82, 2.24) is 19.8 Å². The summed E-state index contributed by atoms with van der Waals surface area (Å²) in [6, 6.07) is 7.28. The number of benzene rings is 1. The molecule has 1 aromatic heterocycles. The molecule has 6 nitrogen and oxygen atoms in total. The van der Waals surface area contributed by atoms with Gasteiger partial charge in [-0.15, -0.1) is 0 Å². The Bertz CT molecular complexity index is 648. The summed E-state index contributed by atoms with van der Waals surface area (Å²) in [4.78, 5) is 18.7. The smallest absolute Gasteiger partial charge is 0.251 e. The van der Waals surface area contributed by atoms with Crippen LogP contribution in [0.3, 0.4) is 0 Å². The van der Waals surface area contributed by atoms with Crippen molar-refractivity contribution in [1.29, 1.82) is 0 Å². The van der Waals surface area contributed by atoms with Crippen LogP contribution in [0.2, 0.25) is 0 Å². The van der Waals surface area contributed by atoms with E-state index in [0.29, 0.717) is 25.1 Å². The van der Waals surface area contributed by atoms with E-state index in [1.807, 2.05) is 29.9 Å². The van der Waals surface area contributed by atoms with Crippen LogP contribution in [0.1, 0.15) is 30.0 Å². The topological polar surface area (TPSA) is 59.4 Å². The molecule has 0 fully saturated rings. The van der Waals surface area contributed by atoms with E-state index in [2.05, 4.69) is 29.0 Å². The molecule has 0 aliphatic rings. The average molecular weight is 344 g/mol. The van der Waals surface area contributed by atoms with Crippen LogP contribution in [0.5, 0.6) is 5.75 Å². The van der Waals surface area contributed by atoms with Gasteiger partial charge in [0, 0.05) is 44.5 Å². The summed E-state index contributed by atoms with van der Waals surface area (Å²) < 4.78 is 7.69. The van der Waals surface area contributed by atoms with E-state index in [1.54, 1.807) is 18.3 Å². The molecule has 0 bridgehead atoms. The molecule has 1 amide bonds. The fourth-order valence-corrected chi connectivity index (χ4v) is 2.56. The highest BCUT2D eigenvalue weighted by Crippen LogP contribution is 2.12. The van der Waals surface area contributed by atoms with E-state index in [-0.39, 0.29) is 5.91 Å². The Balaban J connectivity index is 1.74. The van der Waals surface area contributed by atoms with Crippen LogP contribution in [0.4, 0.5) is 0 Å². The molecular formula is C19H28N4O2. The summed E-state index contributed by atoms with van der Waals surface area (Å²) in [7, 11) is 1.95. The van der Waals surface area contributed by atoms with Crippen molar-refractivity contribution in [3.05, 3.63) is 48.0 Å². The predicted molar refractivity (Wildman–Crippen MR) is 99.0 cm³/mol. The number of hydrogen-bond donors (Lipinski definition) is 1. The van der Waals surface area contributed by atoms with Crippen LogP contribution in [0.25, 0.3) is 0 Å². The molecule has 0 spiro atoms. The first-order valence-corrected chi connectivity index (χ1v) is 8.83. The van der Waals surface area contributed by atoms with Crippen molar-refractivity contribution in [3.63, 3.8) is 0 Å². The van der Waals surface area contributed by atoms with Gasteiger partial charge in [0.15, 0.2) is 0 Å². The quantitative estimate of drug-likeness (QED) is 0.717. The van der Waals surface area contributed by atoms with Gasteiger partial charge in [-0.2, -0.15) is 0 Å². The standard InChI is InChI=1S/C19H28N4O2/c1-4-23(5-2)14-15-25-17-8-6-16(7-9-17)19(24)21-11-10-18-20-12-13-22(18)3/h6-9,12-13H,4-5,10-11,14-15H2,1-3H3,(H,21,24). The van der Waals surface area contributed by atoms with Gasteiger partial charge in [0.25, 0.3) is 5.91 Å². The molecule has 0 unspecified atom stereocenters. The number of ether oxygens (including phenoxy) is 1. The maximum atomic E-state index is 12.2. The maximum absolute atomic E-state index is 12.2. The minimum atomic E-state index is -0.0797. The Labute approximate surface area is 149 Å². The molecule has 1 heterocycles. The van der Waals surface area contributed by atoms with Crippen molar-refractivity contribution in [3.8, 4) is 5.75 Å². The number of nitrogens with zero attached hydrogens (tertiary/aromatic N) is 3. The van der Waals surface area contributed by atoms with Gasteiger partial charge in [0.1, 0.15) is 18.2 Å². The Hall–Kier alpha value is -2.34. The number of rotatable bonds is 10. The SMILES string of the molecule is CCN(CC)CCOc1ccc(C(=O)NCCc2nccn2C)cc1. The summed E-state index contributed by atoms with van der Waals surface area (Å²) in [5.41, 5.74) is 0.635. The molecule has 0 aliphatic carbocycles. The van der Waals surface area contributed by atoms with Crippen molar-refractivity contribution < 1.29 is 9.53 Å². The van der Waals surface area contributed by atoms with Gasteiger partial charge >= 0.3 is 0 Å². The minimum Gasteiger partial charge on any atom is -0.492 e. The molecule has 2 rings (SSSR count). The first-order valence-electron chi connectivity index (χ1n) is 8.83. The van der Waals surface area contributed by atoms with Gasteiger partial charge < -0.3 is 19.5 Å². The predicted octanol–water partition coefficient (Wildman–Crippen LogP) is 2.11. The summed E-state index contributed by atoms with van der Waals surface area (Å²) in [5.74, 6) is 1.66. The van der Waals surface area contributed by atoms with Crippen molar-refractivity contribution >= 4 is 5.91 Å². The molecular weight excluding hydrogens is 316 g/mol. The normalized spacial score (nSPS) is 10.9. The molecule has 1 aromatic carbocycles. The Morgan fingerprint density at radius 2 is 1.96 bits per heavy atom. The van der Waals surface area contributed by atoms with Crippen molar-refractivity contribution in [2.75, 3.05) is 32.8 Å². The van der Waals surface area contributed by atoms with Crippen LogP contribution in [-0.4, -0.2) is 53.1 Å². The Kier molecular flexibility index (Phi) is 7.47. The third-order valence-electron chi connectivity index (χ3n) is 4.24. The van der Waals surface area contributed by atoms with Crippen LogP contribution in [0.15, 0.2) is 36.7 Å². The lowest BCUT2D eigenvalue weighted by Crippen LogP contribution is -2.28. The van der Waals surface area contributed by atoms with Gasteiger partial charge in [-0.1, -0.05) is 13.8 Å². The zero-order valence-electron chi connectivity index (χ0n) is 15.4. The van der Waals surface area contributed by atoms with Crippen molar-refractivity contribution in [2.45, 2.75) is 20.3 Å². The summed E-state index contributed by atoms with van der Waals surface area (Å²) in [5, 5.41) is 2.92. The number of likely N-dealkylation sites (N-methyl/N-ethyl adjacent to an activating group) is 1. The molecule has 0 aliphatic heterocycles. The maximum Gasteiger partial charge on any atom is 0.251 e. The highest BCUT2D eigenvalue weighted by molar-refractivity contribution is 5.94. The second-order valence-corrected chi connectivity index (χ2v) is 5.86. The number of carbonyl (C=O) groups is 1. The summed E-state index contributed by atoms with van der Waals surface area (Å²) in [6.45, 7) is 8.45. The molecule has 0 saturated carbocycles. The Morgan fingerprint density at radius 3 is 2.56 bits per heavy atom. The fourth-order valence-electron chi connectivity index (χ4n) is 2.56. The molecule has 136 valence electrons. The zero-order chi connectivity index (χ0) is 18.1. The number of imidazole rings is 1. The molecule has 6 heteroatoms. The van der Waals surface area contributed by atoms with Crippen LogP contribution in [0, 0.1) is 0 Å². The number of aryl methyl sites for hydroxylation is 1. The first kappa shape index (κ1) is 19.0. The van der Waals surface area contributed by atoms with Gasteiger partial charge in [-0.05, 0) is 37.4 Å². The number of amides is 1. The molecule has 0 atom stereocenters. The van der Waals surface area contributed by atoms with E-state index < -0.39 is 0 Å². The van der Waals surface area contributed by atoms with Crippen LogP contribution >= 0.6 is 0 Å². The second-order valence-electron chi connectivity index (χ2n) is 5.86. The molecule has 25 heavy (non-hydrogen) atoms. The summed E-state index contributed by atoms with van der Waals surface area (Å²) in [6.07, 6.45) is 4.37. The van der Waals surface area contributed by atoms with Gasteiger partial charge in [-0.3, -0.25) is 4.79 Å². The zero-order valence-corrected chi connectivity index (χ0v) is 15.4. The second kappa shape index (κ2) is 9.84. The number of aromatic nitrogens is 2. The molecule has 0 saturated heterocycles. The third-order valence-corrected chi connectivity index (χ3v) is 4.24. The van der Waals surface area contributed by atoms with E-state index in [1.165, 1.54) is 0 Å².